The number of hydrogen-bond acceptors (Lipinski definition) is 2. The average Bonchev–Trinajstić information content (AvgIpc) is 2.69. The second kappa shape index (κ2) is 5.32. The molecule has 0 aliphatic carbocycles. The smallest absolute Gasteiger partial charge is 0.0748 e. The van der Waals surface area contributed by atoms with Crippen molar-refractivity contribution >= 4 is 37.5 Å². The van der Waals surface area contributed by atoms with E-state index in [1.54, 1.807) is 0 Å². The number of nitrogens with one attached hydrogen (secondary N) is 1. The minimum absolute atomic E-state index is 0.376. The van der Waals surface area contributed by atoms with E-state index in [1.807, 2.05) is 12.1 Å². The van der Waals surface area contributed by atoms with Crippen LogP contribution >= 0.6 is 31.9 Å². The number of ether oxygens (including phenoxy) is 1. The van der Waals surface area contributed by atoms with Gasteiger partial charge in [0.15, 0.2) is 0 Å². The van der Waals surface area contributed by atoms with Crippen molar-refractivity contribution in [3.8, 4) is 0 Å². The lowest BCUT2D eigenvalue weighted by atomic mass is 10.2. The van der Waals surface area contributed by atoms with E-state index in [0.717, 1.165) is 27.8 Å². The lowest BCUT2D eigenvalue weighted by Crippen LogP contribution is -2.18. The molecule has 1 aliphatic rings. The van der Waals surface area contributed by atoms with Crippen molar-refractivity contribution in [1.82, 2.24) is 0 Å². The molecule has 1 N–H and O–H groups in total. The van der Waals surface area contributed by atoms with E-state index < -0.39 is 0 Å². The van der Waals surface area contributed by atoms with Crippen LogP contribution in [-0.4, -0.2) is 19.3 Å². The molecule has 0 bridgehead atoms. The van der Waals surface area contributed by atoms with Crippen LogP contribution in [0, 0.1) is 0 Å². The highest BCUT2D eigenvalue weighted by Crippen LogP contribution is 2.26. The maximum Gasteiger partial charge on any atom is 0.0748 e. The van der Waals surface area contributed by atoms with Crippen molar-refractivity contribution in [3.63, 3.8) is 0 Å². The molecule has 0 aromatic heterocycles. The molecule has 4 heteroatoms. The van der Waals surface area contributed by atoms with Gasteiger partial charge in [0.2, 0.25) is 0 Å². The summed E-state index contributed by atoms with van der Waals surface area (Å²) in [5.41, 5.74) is 1.12. The van der Waals surface area contributed by atoms with Crippen LogP contribution in [0.2, 0.25) is 0 Å². The highest BCUT2D eigenvalue weighted by molar-refractivity contribution is 9.11. The van der Waals surface area contributed by atoms with Crippen LogP contribution in [0.15, 0.2) is 27.1 Å². The molecular formula is C11H13Br2NO. The van der Waals surface area contributed by atoms with Gasteiger partial charge < -0.3 is 10.1 Å². The zero-order valence-electron chi connectivity index (χ0n) is 8.30. The van der Waals surface area contributed by atoms with E-state index in [2.05, 4.69) is 43.2 Å². The molecule has 1 fully saturated rings. The Bertz CT molecular complexity index is 337. The highest BCUT2D eigenvalue weighted by atomic mass is 79.9. The first kappa shape index (κ1) is 11.4. The predicted molar refractivity (Wildman–Crippen MR) is 69.3 cm³/mol. The Kier molecular flexibility index (Phi) is 4.05. The van der Waals surface area contributed by atoms with Crippen molar-refractivity contribution in [1.29, 1.82) is 0 Å². The second-order valence-corrected chi connectivity index (χ2v) is 5.41. The Morgan fingerprint density at radius 3 is 2.93 bits per heavy atom. The van der Waals surface area contributed by atoms with Gasteiger partial charge in [-0.2, -0.15) is 0 Å². The Hall–Kier alpha value is -0.0600. The first-order chi connectivity index (χ1) is 7.25. The molecule has 1 atom stereocenters. The van der Waals surface area contributed by atoms with Crippen LogP contribution in [0.3, 0.4) is 0 Å². The summed E-state index contributed by atoms with van der Waals surface area (Å²) < 4.78 is 7.71. The van der Waals surface area contributed by atoms with Gasteiger partial charge in [-0.25, -0.2) is 0 Å². The molecule has 82 valence electrons. The van der Waals surface area contributed by atoms with E-state index in [9.17, 15) is 0 Å². The van der Waals surface area contributed by atoms with Gasteiger partial charge in [0.1, 0.15) is 0 Å². The first-order valence-corrected chi connectivity index (χ1v) is 6.65. The largest absolute Gasteiger partial charge is 0.382 e. The molecule has 0 saturated carbocycles. The van der Waals surface area contributed by atoms with Gasteiger partial charge >= 0.3 is 0 Å². The molecule has 0 spiro atoms. The van der Waals surface area contributed by atoms with E-state index in [4.69, 9.17) is 4.74 Å². The fourth-order valence-corrected chi connectivity index (χ4v) is 2.85. The number of rotatable bonds is 3. The van der Waals surface area contributed by atoms with Gasteiger partial charge in [0, 0.05) is 27.8 Å². The Morgan fingerprint density at radius 1 is 1.40 bits per heavy atom. The lowest BCUT2D eigenvalue weighted by molar-refractivity contribution is 0.120. The third-order valence-corrected chi connectivity index (χ3v) is 3.62. The maximum atomic E-state index is 5.55. The van der Waals surface area contributed by atoms with Crippen molar-refractivity contribution in [3.05, 3.63) is 27.1 Å². The lowest BCUT2D eigenvalue weighted by Gasteiger charge is -2.13. The van der Waals surface area contributed by atoms with E-state index in [1.165, 1.54) is 12.8 Å². The molecule has 1 aromatic rings. The Labute approximate surface area is 107 Å². The summed E-state index contributed by atoms with van der Waals surface area (Å²) in [6.07, 6.45) is 2.73. The molecular weight excluding hydrogens is 322 g/mol. The van der Waals surface area contributed by atoms with Gasteiger partial charge in [-0.1, -0.05) is 15.9 Å². The summed E-state index contributed by atoms with van der Waals surface area (Å²) in [5.74, 6) is 0. The van der Waals surface area contributed by atoms with Gasteiger partial charge in [0.25, 0.3) is 0 Å². The summed E-state index contributed by atoms with van der Waals surface area (Å²) >= 11 is 6.95. The standard InChI is InChI=1S/C11H13Br2NO/c12-8-3-4-11(10(13)6-8)14-7-9-2-1-5-15-9/h3-4,6,9,14H,1-2,5,7H2. The topological polar surface area (TPSA) is 21.3 Å². The van der Waals surface area contributed by atoms with Crippen LogP contribution in [0.1, 0.15) is 12.8 Å². The molecule has 2 rings (SSSR count). The van der Waals surface area contributed by atoms with E-state index in [0.29, 0.717) is 6.10 Å². The molecule has 1 heterocycles. The summed E-state index contributed by atoms with van der Waals surface area (Å²) in [6.45, 7) is 1.80. The first-order valence-electron chi connectivity index (χ1n) is 5.06. The van der Waals surface area contributed by atoms with Gasteiger partial charge in [-0.3, -0.25) is 0 Å². The fourth-order valence-electron chi connectivity index (χ4n) is 1.66. The zero-order valence-corrected chi connectivity index (χ0v) is 11.5. The molecule has 1 aromatic carbocycles. The van der Waals surface area contributed by atoms with Crippen LogP contribution in [-0.2, 0) is 4.74 Å². The third kappa shape index (κ3) is 3.20. The van der Waals surface area contributed by atoms with Crippen molar-refractivity contribution < 1.29 is 4.74 Å². The molecule has 1 unspecified atom stereocenters. The monoisotopic (exact) mass is 333 g/mol. The summed E-state index contributed by atoms with van der Waals surface area (Å²) in [6, 6.07) is 6.13. The highest BCUT2D eigenvalue weighted by Gasteiger charge is 2.15. The average molecular weight is 335 g/mol. The zero-order chi connectivity index (χ0) is 10.7. The van der Waals surface area contributed by atoms with E-state index in [-0.39, 0.29) is 0 Å². The quantitative estimate of drug-likeness (QED) is 0.907. The van der Waals surface area contributed by atoms with E-state index >= 15 is 0 Å². The molecule has 2 nitrogen and oxygen atoms in total. The Balaban J connectivity index is 1.92. The molecule has 0 amide bonds. The van der Waals surface area contributed by atoms with Crippen molar-refractivity contribution in [2.45, 2.75) is 18.9 Å². The summed E-state index contributed by atoms with van der Waals surface area (Å²) in [7, 11) is 0. The number of halogens is 2. The van der Waals surface area contributed by atoms with Crippen LogP contribution in [0.5, 0.6) is 0 Å². The minimum atomic E-state index is 0.376. The minimum Gasteiger partial charge on any atom is -0.382 e. The number of anilines is 1. The molecule has 1 saturated heterocycles. The van der Waals surface area contributed by atoms with Gasteiger partial charge in [-0.05, 0) is 47.0 Å². The van der Waals surface area contributed by atoms with Crippen molar-refractivity contribution in [2.24, 2.45) is 0 Å². The van der Waals surface area contributed by atoms with Crippen LogP contribution in [0.4, 0.5) is 5.69 Å². The van der Waals surface area contributed by atoms with Crippen LogP contribution in [0.25, 0.3) is 0 Å². The Morgan fingerprint density at radius 2 is 2.27 bits per heavy atom. The summed E-state index contributed by atoms with van der Waals surface area (Å²) in [4.78, 5) is 0. The second-order valence-electron chi connectivity index (χ2n) is 3.64. The molecule has 1 aliphatic heterocycles. The van der Waals surface area contributed by atoms with Gasteiger partial charge in [-0.15, -0.1) is 0 Å². The third-order valence-electron chi connectivity index (χ3n) is 2.48. The summed E-state index contributed by atoms with van der Waals surface area (Å²) in [5, 5.41) is 3.39. The normalized spacial score (nSPS) is 20.5. The number of benzene rings is 1. The molecule has 0 radical (unpaired) electrons. The van der Waals surface area contributed by atoms with Crippen molar-refractivity contribution in [2.75, 3.05) is 18.5 Å². The van der Waals surface area contributed by atoms with Crippen LogP contribution < -0.4 is 5.32 Å². The predicted octanol–water partition coefficient (Wildman–Crippen LogP) is 3.80. The van der Waals surface area contributed by atoms with Gasteiger partial charge in [0.05, 0.1) is 6.10 Å². The maximum absolute atomic E-state index is 5.55. The SMILES string of the molecule is Brc1ccc(NCC2CCCO2)c(Br)c1. The number of hydrogen-bond donors (Lipinski definition) is 1. The molecule has 15 heavy (non-hydrogen) atoms. The fraction of sp³-hybridized carbons (Fsp3) is 0.455.